The number of H-pyrrole nitrogens is 1. The number of hydrogen-bond donors (Lipinski definition) is 2. The smallest absolute Gasteiger partial charge is 0.275 e. The molecule has 28 heavy (non-hydrogen) atoms. The lowest BCUT2D eigenvalue weighted by atomic mass is 9.98. The molecule has 0 aliphatic heterocycles. The number of aromatic amines is 1. The topological polar surface area (TPSA) is 77.8 Å². The molecule has 1 unspecified atom stereocenters. The van der Waals surface area contributed by atoms with E-state index in [4.69, 9.17) is 5.41 Å². The maximum Gasteiger partial charge on any atom is 0.275 e. The van der Waals surface area contributed by atoms with Gasteiger partial charge < -0.3 is 4.98 Å². The maximum atomic E-state index is 13.1. The fraction of sp³-hybridized carbons (Fsp3) is 0.318. The molecule has 0 spiro atoms. The number of benzene rings is 1. The van der Waals surface area contributed by atoms with Gasteiger partial charge in [-0.05, 0) is 67.6 Å². The molecule has 6 nitrogen and oxygen atoms in total. The Balaban J connectivity index is 1.88. The molecule has 0 bridgehead atoms. The highest BCUT2D eigenvalue weighted by molar-refractivity contribution is 6.11. The van der Waals surface area contributed by atoms with Gasteiger partial charge in [0.1, 0.15) is 11.5 Å². The molecule has 1 atom stereocenters. The average molecular weight is 377 g/mol. The van der Waals surface area contributed by atoms with Gasteiger partial charge in [-0.3, -0.25) is 15.1 Å². The highest BCUT2D eigenvalue weighted by Crippen LogP contribution is 2.25. The molecule has 0 saturated heterocycles. The number of aromatic nitrogens is 3. The van der Waals surface area contributed by atoms with Gasteiger partial charge in [0.25, 0.3) is 5.91 Å². The first-order valence-electron chi connectivity index (χ1n) is 9.50. The van der Waals surface area contributed by atoms with Crippen LogP contribution in [0.4, 0.5) is 0 Å². The Hall–Kier alpha value is -3.15. The van der Waals surface area contributed by atoms with Crippen LogP contribution < -0.4 is 0 Å². The second kappa shape index (κ2) is 7.84. The van der Waals surface area contributed by atoms with Gasteiger partial charge >= 0.3 is 0 Å². The van der Waals surface area contributed by atoms with Gasteiger partial charge in [-0.2, -0.15) is 5.10 Å². The van der Waals surface area contributed by atoms with Crippen LogP contribution in [0.15, 0.2) is 42.7 Å². The average Bonchev–Trinajstić information content (AvgIpc) is 3.35. The van der Waals surface area contributed by atoms with Gasteiger partial charge in [0.05, 0.1) is 5.69 Å². The summed E-state index contributed by atoms with van der Waals surface area (Å²) in [6.07, 6.45) is 4.55. The minimum atomic E-state index is -0.191. The molecular formula is C22H27N5O. The lowest BCUT2D eigenvalue weighted by molar-refractivity contribution is 0.0864. The minimum absolute atomic E-state index is 0.178. The summed E-state index contributed by atoms with van der Waals surface area (Å²) in [5.74, 6) is 0.266. The molecule has 0 fully saturated rings. The Bertz CT molecular complexity index is 1000. The van der Waals surface area contributed by atoms with Gasteiger partial charge in [-0.1, -0.05) is 13.8 Å². The van der Waals surface area contributed by atoms with Crippen molar-refractivity contribution >= 4 is 11.7 Å². The summed E-state index contributed by atoms with van der Waals surface area (Å²) in [7, 11) is 1.65. The summed E-state index contributed by atoms with van der Waals surface area (Å²) in [5, 5.41) is 12.8. The highest BCUT2D eigenvalue weighted by atomic mass is 16.2. The molecule has 0 radical (unpaired) electrons. The molecule has 0 saturated carbocycles. The third kappa shape index (κ3) is 3.63. The molecule has 3 rings (SSSR count). The van der Waals surface area contributed by atoms with E-state index in [0.29, 0.717) is 5.69 Å². The monoisotopic (exact) mass is 377 g/mol. The fourth-order valence-electron chi connectivity index (χ4n) is 3.32. The Morgan fingerprint density at radius 3 is 2.68 bits per heavy atom. The number of aryl methyl sites for hydroxylation is 2. The van der Waals surface area contributed by atoms with Crippen LogP contribution >= 0.6 is 0 Å². The van der Waals surface area contributed by atoms with Crippen molar-refractivity contribution < 1.29 is 4.79 Å². The summed E-state index contributed by atoms with van der Waals surface area (Å²) in [5.41, 5.74) is 5.10. The van der Waals surface area contributed by atoms with Crippen molar-refractivity contribution in [3.63, 3.8) is 0 Å². The molecule has 1 amide bonds. The summed E-state index contributed by atoms with van der Waals surface area (Å²) < 4.78 is 1.77. The summed E-state index contributed by atoms with van der Waals surface area (Å²) in [6.45, 7) is 8.12. The molecule has 146 valence electrons. The molecule has 3 aromatic rings. The Kier molecular flexibility index (Phi) is 5.49. The van der Waals surface area contributed by atoms with Crippen LogP contribution in [-0.4, -0.2) is 38.5 Å². The molecule has 2 heterocycles. The molecule has 6 heteroatoms. The molecule has 2 N–H and O–H groups in total. The number of amidine groups is 1. The molecule has 2 aromatic heterocycles. The SMILES string of the molecule is CCC(C)c1cc(C)[nH]c1C(=O)N(C)C(=N)c1ccc(-n2cccn2)cc1C. The van der Waals surface area contributed by atoms with Crippen LogP contribution in [-0.2, 0) is 0 Å². The first-order chi connectivity index (χ1) is 13.3. The predicted octanol–water partition coefficient (Wildman–Crippen LogP) is 4.43. The summed E-state index contributed by atoms with van der Waals surface area (Å²) in [6, 6.07) is 9.64. The Morgan fingerprint density at radius 2 is 2.07 bits per heavy atom. The van der Waals surface area contributed by atoms with Gasteiger partial charge in [-0.25, -0.2) is 4.68 Å². The number of amides is 1. The lowest BCUT2D eigenvalue weighted by Crippen LogP contribution is -2.34. The van der Waals surface area contributed by atoms with E-state index in [2.05, 4.69) is 23.9 Å². The molecule has 0 aliphatic rings. The third-order valence-electron chi connectivity index (χ3n) is 5.21. The zero-order chi connectivity index (χ0) is 20.4. The van der Waals surface area contributed by atoms with Gasteiger partial charge in [-0.15, -0.1) is 0 Å². The normalized spacial score (nSPS) is 12.0. The minimum Gasteiger partial charge on any atom is -0.354 e. The van der Waals surface area contributed by atoms with Gasteiger partial charge in [0.2, 0.25) is 0 Å². The number of carbonyl (C=O) groups excluding carboxylic acids is 1. The zero-order valence-electron chi connectivity index (χ0n) is 17.1. The summed E-state index contributed by atoms with van der Waals surface area (Å²) >= 11 is 0. The number of carbonyl (C=O) groups is 1. The summed E-state index contributed by atoms with van der Waals surface area (Å²) in [4.78, 5) is 17.7. The van der Waals surface area contributed by atoms with Gasteiger partial charge in [0, 0.05) is 30.7 Å². The second-order valence-corrected chi connectivity index (χ2v) is 7.25. The van der Waals surface area contributed by atoms with E-state index in [-0.39, 0.29) is 17.7 Å². The van der Waals surface area contributed by atoms with E-state index in [0.717, 1.165) is 34.5 Å². The number of hydrogen-bond acceptors (Lipinski definition) is 3. The Morgan fingerprint density at radius 1 is 1.32 bits per heavy atom. The van der Waals surface area contributed by atoms with E-state index in [9.17, 15) is 4.79 Å². The van der Waals surface area contributed by atoms with Crippen LogP contribution in [0.25, 0.3) is 5.69 Å². The standard InChI is InChI=1S/C22H27N5O/c1-6-14(2)19-13-16(4)25-20(19)22(28)26(5)21(23)18-9-8-17(12-15(18)3)27-11-7-10-24-27/h7-14,23,25H,6H2,1-5H3. The van der Waals surface area contributed by atoms with E-state index >= 15 is 0 Å². The Labute approximate surface area is 165 Å². The van der Waals surface area contributed by atoms with Crippen LogP contribution in [0.2, 0.25) is 0 Å². The first-order valence-corrected chi connectivity index (χ1v) is 9.50. The van der Waals surface area contributed by atoms with Gasteiger partial charge in [0.15, 0.2) is 0 Å². The molecule has 0 aliphatic carbocycles. The maximum absolute atomic E-state index is 13.1. The van der Waals surface area contributed by atoms with Crippen LogP contribution in [0, 0.1) is 19.3 Å². The van der Waals surface area contributed by atoms with Crippen molar-refractivity contribution in [3.8, 4) is 5.69 Å². The predicted molar refractivity (Wildman–Crippen MR) is 111 cm³/mol. The zero-order valence-corrected chi connectivity index (χ0v) is 17.1. The van der Waals surface area contributed by atoms with E-state index in [1.165, 1.54) is 4.90 Å². The van der Waals surface area contributed by atoms with Crippen molar-refractivity contribution in [2.75, 3.05) is 7.05 Å². The van der Waals surface area contributed by atoms with Crippen LogP contribution in [0.3, 0.4) is 0 Å². The lowest BCUT2D eigenvalue weighted by Gasteiger charge is -2.21. The van der Waals surface area contributed by atoms with Crippen LogP contribution in [0.5, 0.6) is 0 Å². The number of rotatable bonds is 5. The molecule has 1 aromatic carbocycles. The van der Waals surface area contributed by atoms with E-state index < -0.39 is 0 Å². The van der Waals surface area contributed by atoms with Crippen molar-refractivity contribution in [2.24, 2.45) is 0 Å². The van der Waals surface area contributed by atoms with Crippen molar-refractivity contribution in [1.29, 1.82) is 5.41 Å². The van der Waals surface area contributed by atoms with Crippen molar-refractivity contribution in [2.45, 2.75) is 40.0 Å². The second-order valence-electron chi connectivity index (χ2n) is 7.25. The largest absolute Gasteiger partial charge is 0.354 e. The first kappa shape index (κ1) is 19.6. The highest BCUT2D eigenvalue weighted by Gasteiger charge is 2.24. The third-order valence-corrected chi connectivity index (χ3v) is 5.21. The van der Waals surface area contributed by atoms with Crippen molar-refractivity contribution in [3.05, 3.63) is 70.8 Å². The van der Waals surface area contributed by atoms with E-state index in [1.807, 2.05) is 50.4 Å². The number of nitrogens with zero attached hydrogens (tertiary/aromatic N) is 3. The fourth-order valence-corrected chi connectivity index (χ4v) is 3.32. The van der Waals surface area contributed by atoms with Crippen molar-refractivity contribution in [1.82, 2.24) is 19.7 Å². The van der Waals surface area contributed by atoms with Crippen LogP contribution in [0.1, 0.15) is 59.1 Å². The van der Waals surface area contributed by atoms with E-state index in [1.54, 1.807) is 17.9 Å². The number of nitrogens with one attached hydrogen (secondary N) is 2. The quantitative estimate of drug-likeness (QED) is 0.510. The molecular weight excluding hydrogens is 350 g/mol.